The van der Waals surface area contributed by atoms with Gasteiger partial charge in [-0.15, -0.1) is 0 Å². The van der Waals surface area contributed by atoms with Gasteiger partial charge < -0.3 is 4.57 Å². The minimum absolute atomic E-state index is 0.0107. The van der Waals surface area contributed by atoms with E-state index in [1.54, 1.807) is 0 Å². The van der Waals surface area contributed by atoms with Crippen molar-refractivity contribution in [2.45, 2.75) is 126 Å². The van der Waals surface area contributed by atoms with E-state index < -0.39 is 7.90 Å². The lowest BCUT2D eigenvalue weighted by Crippen LogP contribution is -2.36. The summed E-state index contributed by atoms with van der Waals surface area (Å²) in [5.41, 5.74) is 21.7. The van der Waals surface area contributed by atoms with Gasteiger partial charge in [0.2, 0.25) is 0 Å². The zero-order chi connectivity index (χ0) is 40.6. The highest BCUT2D eigenvalue weighted by molar-refractivity contribution is 8.87. The van der Waals surface area contributed by atoms with E-state index in [1.807, 2.05) is 21.0 Å². The second kappa shape index (κ2) is 17.4. The van der Waals surface area contributed by atoms with E-state index in [0.29, 0.717) is 23.7 Å². The number of benzene rings is 5. The molecule has 1 aliphatic rings. The van der Waals surface area contributed by atoms with Gasteiger partial charge in [-0.3, -0.25) is 9.63 Å². The van der Waals surface area contributed by atoms with Crippen LogP contribution in [0.15, 0.2) is 88.5 Å². The van der Waals surface area contributed by atoms with Crippen molar-refractivity contribution in [3.63, 3.8) is 0 Å². The summed E-state index contributed by atoms with van der Waals surface area (Å²) in [7, 11) is 2.24. The predicted molar refractivity (Wildman–Crippen MR) is 252 cm³/mol. The summed E-state index contributed by atoms with van der Waals surface area (Å²) in [6.45, 7) is 31.9. The topological polar surface area (TPSA) is 28.0 Å². The smallest absolute Gasteiger partial charge is 0.335 e. The first-order valence-electron chi connectivity index (χ1n) is 20.4. The molecule has 0 radical (unpaired) electrons. The molecule has 0 amide bonds. The molecule has 0 aromatic heterocycles. The molecule has 1 aliphatic heterocycles. The number of hydrogen-bond donors (Lipinski definition) is 0. The monoisotopic (exact) mass is 795 g/mol. The summed E-state index contributed by atoms with van der Waals surface area (Å²) >= 11 is 0. The SMILES string of the molecule is Cc1cc(C)c(-c2cccc(-c3c(C)cc(C)cc3C)c2N=[Si]2SS[C@H](C=Nc3c(C(C)C)cccc3C(C)C)N2c2c(C(C)C)cccc2C(C)C)c(C)c1. The lowest BCUT2D eigenvalue weighted by molar-refractivity contribution is 0.827. The van der Waals surface area contributed by atoms with Crippen molar-refractivity contribution in [1.82, 2.24) is 0 Å². The Labute approximate surface area is 347 Å². The van der Waals surface area contributed by atoms with Crippen molar-refractivity contribution in [2.75, 3.05) is 4.57 Å². The first-order valence-corrected chi connectivity index (χ1v) is 24.7. The van der Waals surface area contributed by atoms with Gasteiger partial charge in [0.05, 0.1) is 11.4 Å². The van der Waals surface area contributed by atoms with Crippen LogP contribution in [0.3, 0.4) is 0 Å². The van der Waals surface area contributed by atoms with Crippen LogP contribution in [0.1, 0.15) is 135 Å². The van der Waals surface area contributed by atoms with Crippen LogP contribution in [0.5, 0.6) is 0 Å². The fraction of sp³-hybridized carbons (Fsp3) is 0.380. The second-order valence-corrected chi connectivity index (χ2v) is 22.8. The van der Waals surface area contributed by atoms with Crippen LogP contribution < -0.4 is 4.57 Å². The van der Waals surface area contributed by atoms with Gasteiger partial charge in [0.1, 0.15) is 5.37 Å². The molecule has 0 spiro atoms. The maximum Gasteiger partial charge on any atom is 0.335 e. The molecule has 0 N–H and O–H groups in total. The van der Waals surface area contributed by atoms with E-state index in [4.69, 9.17) is 9.63 Å². The summed E-state index contributed by atoms with van der Waals surface area (Å²) in [6.07, 6.45) is 2.24. The molecule has 0 aliphatic carbocycles. The zero-order valence-electron chi connectivity index (χ0n) is 36.1. The summed E-state index contributed by atoms with van der Waals surface area (Å²) in [5, 5.41) is 0.0107. The summed E-state index contributed by atoms with van der Waals surface area (Å²) in [6, 6.07) is 29.8. The molecule has 1 atom stereocenters. The van der Waals surface area contributed by atoms with Gasteiger partial charge >= 0.3 is 7.90 Å². The maximum atomic E-state index is 6.08. The Kier molecular flexibility index (Phi) is 13.0. The number of aliphatic imine (C=N–C) groups is 1. The Morgan fingerprint density at radius 2 is 0.946 bits per heavy atom. The van der Waals surface area contributed by atoms with E-state index >= 15 is 0 Å². The number of aryl methyl sites for hydroxylation is 6. The maximum absolute atomic E-state index is 6.08. The number of rotatable bonds is 10. The molecule has 292 valence electrons. The van der Waals surface area contributed by atoms with Crippen LogP contribution in [0, 0.1) is 41.5 Å². The fourth-order valence-corrected chi connectivity index (χ4v) is 16.3. The van der Waals surface area contributed by atoms with E-state index in [0.717, 1.165) is 11.4 Å². The minimum atomic E-state index is -1.65. The Hall–Kier alpha value is -3.71. The molecule has 0 saturated carbocycles. The lowest BCUT2D eigenvalue weighted by atomic mass is 9.87. The molecule has 6 rings (SSSR count). The van der Waals surface area contributed by atoms with Gasteiger partial charge in [-0.1, -0.05) is 156 Å². The van der Waals surface area contributed by atoms with Crippen LogP contribution >= 0.6 is 21.0 Å². The highest BCUT2D eigenvalue weighted by Gasteiger charge is 2.37. The molecule has 56 heavy (non-hydrogen) atoms. The van der Waals surface area contributed by atoms with Crippen LogP contribution in [-0.4, -0.2) is 19.5 Å². The highest BCUT2D eigenvalue weighted by atomic mass is 33.2. The third-order valence-electron chi connectivity index (χ3n) is 11.1. The first kappa shape index (κ1) is 41.9. The van der Waals surface area contributed by atoms with Crippen LogP contribution in [-0.2, 0) is 0 Å². The molecule has 0 bridgehead atoms. The van der Waals surface area contributed by atoms with E-state index in [2.05, 4.69) is 187 Å². The Balaban J connectivity index is 1.67. The summed E-state index contributed by atoms with van der Waals surface area (Å²) in [5.74, 6) is 1.47. The largest absolute Gasteiger partial charge is 0.337 e. The molecular formula is C50H61N3S2Si. The van der Waals surface area contributed by atoms with Gasteiger partial charge in [-0.25, -0.2) is 0 Å². The van der Waals surface area contributed by atoms with Crippen LogP contribution in [0.2, 0.25) is 0 Å². The van der Waals surface area contributed by atoms with Gasteiger partial charge in [0.25, 0.3) is 0 Å². The third-order valence-corrected chi connectivity index (χ3v) is 17.8. The Morgan fingerprint density at radius 1 is 0.554 bits per heavy atom. The van der Waals surface area contributed by atoms with Crippen LogP contribution in [0.25, 0.3) is 22.3 Å². The molecule has 5 aromatic rings. The molecule has 1 saturated heterocycles. The van der Waals surface area contributed by atoms with E-state index in [1.165, 1.54) is 83.6 Å². The van der Waals surface area contributed by atoms with Crippen molar-refractivity contribution in [1.29, 1.82) is 0 Å². The first-order chi connectivity index (χ1) is 26.6. The zero-order valence-corrected chi connectivity index (χ0v) is 38.8. The van der Waals surface area contributed by atoms with E-state index in [-0.39, 0.29) is 5.37 Å². The van der Waals surface area contributed by atoms with E-state index in [9.17, 15) is 0 Å². The van der Waals surface area contributed by atoms with Crippen molar-refractivity contribution in [3.8, 4) is 22.3 Å². The number of anilines is 1. The average Bonchev–Trinajstić information content (AvgIpc) is 3.51. The molecule has 6 heteroatoms. The Morgan fingerprint density at radius 3 is 1.36 bits per heavy atom. The van der Waals surface area contributed by atoms with Gasteiger partial charge in [-0.2, -0.15) is 0 Å². The predicted octanol–water partition coefficient (Wildman–Crippen LogP) is 15.9. The van der Waals surface area contributed by atoms with Gasteiger partial charge in [0.15, 0.2) is 0 Å². The standard InChI is InChI=1S/C50H61N3S2Si/c1-29(2)39-18-15-19-40(30(3)4)48(39)51-28-45-53(50-41(31(5)6)20-16-21-42(50)32(7)8)56(55-54-45)52-49-43(46-35(11)24-33(9)25-36(46)12)22-17-23-44(49)47-37(13)26-34(10)27-38(47)14/h15-32,45H,1-14H3/t45-/m1/s1. The molecule has 3 nitrogen and oxygen atoms in total. The quantitative estimate of drug-likeness (QED) is 0.0800. The molecule has 1 heterocycles. The van der Waals surface area contributed by atoms with Gasteiger partial charge in [0, 0.05) is 23.0 Å². The minimum Gasteiger partial charge on any atom is -0.337 e. The second-order valence-electron chi connectivity index (χ2n) is 17.1. The summed E-state index contributed by atoms with van der Waals surface area (Å²) < 4.78 is 8.78. The van der Waals surface area contributed by atoms with Crippen LogP contribution in [0.4, 0.5) is 17.1 Å². The van der Waals surface area contributed by atoms with Crippen molar-refractivity contribution in [3.05, 3.63) is 134 Å². The highest BCUT2D eigenvalue weighted by Crippen LogP contribution is 2.50. The number of nitrogens with zero attached hydrogens (tertiary/aromatic N) is 3. The van der Waals surface area contributed by atoms with Crippen molar-refractivity contribution in [2.24, 2.45) is 9.63 Å². The third kappa shape index (κ3) is 8.44. The Bertz CT molecular complexity index is 2140. The molecular weight excluding hydrogens is 735 g/mol. The molecule has 0 unspecified atom stereocenters. The number of hydrogen-bond acceptors (Lipinski definition) is 4. The normalized spacial score (nSPS) is 15.6. The summed E-state index contributed by atoms with van der Waals surface area (Å²) in [4.78, 5) is 5.46. The lowest BCUT2D eigenvalue weighted by Gasteiger charge is -2.31. The molecule has 5 aromatic carbocycles. The fourth-order valence-electron chi connectivity index (χ4n) is 8.63. The number of para-hydroxylation sites is 2. The van der Waals surface area contributed by atoms with Crippen molar-refractivity contribution < 1.29 is 0 Å². The molecule has 1 fully saturated rings. The van der Waals surface area contributed by atoms with Crippen molar-refractivity contribution >= 4 is 52.2 Å². The average molecular weight is 796 g/mol. The van der Waals surface area contributed by atoms with Gasteiger partial charge in [-0.05, 0) is 131 Å².